The van der Waals surface area contributed by atoms with Crippen LogP contribution in [0.4, 0.5) is 0 Å². The molecule has 1 unspecified atom stereocenters. The van der Waals surface area contributed by atoms with E-state index in [9.17, 15) is 10.1 Å². The van der Waals surface area contributed by atoms with Gasteiger partial charge in [0, 0.05) is 13.5 Å². The van der Waals surface area contributed by atoms with Crippen LogP contribution in [0, 0.1) is 11.3 Å². The molecule has 4 heteroatoms. The smallest absolute Gasteiger partial charge is 0.240 e. The highest BCUT2D eigenvalue weighted by Gasteiger charge is 2.23. The maximum absolute atomic E-state index is 11.9. The lowest BCUT2D eigenvalue weighted by atomic mass is 10.1. The second-order valence-corrected chi connectivity index (χ2v) is 4.30. The van der Waals surface area contributed by atoms with Crippen LogP contribution in [0.5, 0.6) is 0 Å². The molecule has 1 aromatic carbocycles. The van der Waals surface area contributed by atoms with Gasteiger partial charge in [-0.05, 0) is 12.0 Å². The highest BCUT2D eigenvalue weighted by Crippen LogP contribution is 2.08. The van der Waals surface area contributed by atoms with Crippen molar-refractivity contribution in [3.63, 3.8) is 0 Å². The summed E-state index contributed by atoms with van der Waals surface area (Å²) >= 11 is 0. The van der Waals surface area contributed by atoms with Crippen LogP contribution in [0.3, 0.4) is 0 Å². The molecule has 0 fully saturated rings. The van der Waals surface area contributed by atoms with Gasteiger partial charge >= 0.3 is 0 Å². The van der Waals surface area contributed by atoms with E-state index >= 15 is 0 Å². The van der Waals surface area contributed by atoms with Gasteiger partial charge in [-0.25, -0.2) is 0 Å². The van der Waals surface area contributed by atoms with Gasteiger partial charge < -0.3 is 10.6 Å². The molecule has 0 radical (unpaired) electrons. The van der Waals surface area contributed by atoms with E-state index in [1.54, 1.807) is 7.05 Å². The molecular formula is C14H19N3O. The van der Waals surface area contributed by atoms with Crippen molar-refractivity contribution in [2.24, 2.45) is 5.73 Å². The van der Waals surface area contributed by atoms with E-state index in [4.69, 9.17) is 5.73 Å². The third kappa shape index (κ3) is 3.57. The van der Waals surface area contributed by atoms with Crippen LogP contribution in [0.2, 0.25) is 0 Å². The Labute approximate surface area is 108 Å². The Morgan fingerprint density at radius 3 is 2.56 bits per heavy atom. The molecule has 0 aliphatic carbocycles. The Morgan fingerprint density at radius 2 is 2.06 bits per heavy atom. The largest absolute Gasteiger partial charge is 0.328 e. The van der Waals surface area contributed by atoms with Crippen LogP contribution in [-0.2, 0) is 11.2 Å². The minimum absolute atomic E-state index is 0.181. The van der Waals surface area contributed by atoms with Gasteiger partial charge in [0.2, 0.25) is 5.91 Å². The van der Waals surface area contributed by atoms with Crippen LogP contribution >= 0.6 is 0 Å². The maximum Gasteiger partial charge on any atom is 0.240 e. The first kappa shape index (κ1) is 14.2. The van der Waals surface area contributed by atoms with Gasteiger partial charge in [-0.1, -0.05) is 37.3 Å². The van der Waals surface area contributed by atoms with Crippen LogP contribution < -0.4 is 5.73 Å². The number of rotatable bonds is 5. The number of hydrogen-bond acceptors (Lipinski definition) is 3. The summed E-state index contributed by atoms with van der Waals surface area (Å²) < 4.78 is 0. The fraction of sp³-hybridized carbons (Fsp3) is 0.429. The molecule has 0 bridgehead atoms. The number of carbonyl (C=O) groups excluding carboxylic acids is 1. The summed E-state index contributed by atoms with van der Waals surface area (Å²) in [7, 11) is 1.63. The minimum Gasteiger partial charge on any atom is -0.328 e. The first-order chi connectivity index (χ1) is 8.60. The van der Waals surface area contributed by atoms with Crippen LogP contribution in [0.1, 0.15) is 18.9 Å². The summed E-state index contributed by atoms with van der Waals surface area (Å²) in [5, 5.41) is 9.18. The molecule has 0 saturated carbocycles. The molecule has 0 aliphatic heterocycles. The summed E-state index contributed by atoms with van der Waals surface area (Å²) in [6.45, 7) is 1.86. The average Bonchev–Trinajstić information content (AvgIpc) is 2.43. The number of likely N-dealkylation sites (N-methyl/N-ethyl adjacent to an activating group) is 1. The fourth-order valence-electron chi connectivity index (χ4n) is 1.70. The third-order valence-electron chi connectivity index (χ3n) is 2.99. The van der Waals surface area contributed by atoms with Crippen molar-refractivity contribution in [2.75, 3.05) is 7.05 Å². The summed E-state index contributed by atoms with van der Waals surface area (Å²) in [6, 6.07) is 10.8. The van der Waals surface area contributed by atoms with E-state index in [0.717, 1.165) is 5.56 Å². The summed E-state index contributed by atoms with van der Waals surface area (Å²) in [5.41, 5.74) is 6.74. The Kier molecular flexibility index (Phi) is 5.34. The standard InChI is InChI=1S/C14H19N3O/c1-3-13(16)14(18)17(2)12(10-15)9-11-7-5-4-6-8-11/h4-8,12-13H,3,9,16H2,1-2H3/t12?,13-/m0/s1. The van der Waals surface area contributed by atoms with Crippen LogP contribution in [-0.4, -0.2) is 29.9 Å². The molecule has 1 aromatic rings. The molecule has 0 aromatic heterocycles. The highest BCUT2D eigenvalue weighted by molar-refractivity contribution is 5.81. The number of benzene rings is 1. The van der Waals surface area contributed by atoms with Crippen molar-refractivity contribution in [1.82, 2.24) is 4.90 Å². The third-order valence-corrected chi connectivity index (χ3v) is 2.99. The van der Waals surface area contributed by atoms with Gasteiger partial charge in [0.05, 0.1) is 12.1 Å². The molecule has 1 rings (SSSR count). The van der Waals surface area contributed by atoms with Crippen molar-refractivity contribution in [3.8, 4) is 6.07 Å². The Morgan fingerprint density at radius 1 is 1.44 bits per heavy atom. The van der Waals surface area contributed by atoms with Crippen LogP contribution in [0.25, 0.3) is 0 Å². The van der Waals surface area contributed by atoms with Crippen molar-refractivity contribution < 1.29 is 4.79 Å². The van der Waals surface area contributed by atoms with E-state index < -0.39 is 12.1 Å². The Hall–Kier alpha value is -1.86. The van der Waals surface area contributed by atoms with Crippen molar-refractivity contribution >= 4 is 5.91 Å². The number of carbonyl (C=O) groups is 1. The van der Waals surface area contributed by atoms with Gasteiger partial charge in [0.15, 0.2) is 0 Å². The molecule has 0 saturated heterocycles. The molecule has 2 N–H and O–H groups in total. The minimum atomic E-state index is -0.526. The number of hydrogen-bond donors (Lipinski definition) is 1. The number of nitrogens with two attached hydrogens (primary N) is 1. The van der Waals surface area contributed by atoms with Gasteiger partial charge in [-0.3, -0.25) is 4.79 Å². The molecule has 2 atom stereocenters. The summed E-state index contributed by atoms with van der Waals surface area (Å²) in [6.07, 6.45) is 1.10. The molecule has 0 aliphatic rings. The van der Waals surface area contributed by atoms with Crippen molar-refractivity contribution in [1.29, 1.82) is 5.26 Å². The van der Waals surface area contributed by atoms with Gasteiger partial charge in [0.1, 0.15) is 6.04 Å². The zero-order valence-corrected chi connectivity index (χ0v) is 10.8. The normalized spacial score (nSPS) is 13.4. The summed E-state index contributed by atoms with van der Waals surface area (Å²) in [4.78, 5) is 13.4. The van der Waals surface area contributed by atoms with Gasteiger partial charge in [-0.2, -0.15) is 5.26 Å². The fourth-order valence-corrected chi connectivity index (χ4v) is 1.70. The Balaban J connectivity index is 2.73. The molecule has 96 valence electrons. The second kappa shape index (κ2) is 6.77. The average molecular weight is 245 g/mol. The van der Waals surface area contributed by atoms with E-state index in [0.29, 0.717) is 12.8 Å². The predicted octanol–water partition coefficient (Wildman–Crippen LogP) is 1.32. The molecule has 4 nitrogen and oxygen atoms in total. The van der Waals surface area contributed by atoms with Crippen molar-refractivity contribution in [2.45, 2.75) is 31.8 Å². The van der Waals surface area contributed by atoms with Gasteiger partial charge in [0.25, 0.3) is 0 Å². The highest BCUT2D eigenvalue weighted by atomic mass is 16.2. The number of nitriles is 1. The van der Waals surface area contributed by atoms with Gasteiger partial charge in [-0.15, -0.1) is 0 Å². The van der Waals surface area contributed by atoms with E-state index in [-0.39, 0.29) is 5.91 Å². The van der Waals surface area contributed by atoms with E-state index in [2.05, 4.69) is 6.07 Å². The maximum atomic E-state index is 11.9. The zero-order chi connectivity index (χ0) is 13.5. The quantitative estimate of drug-likeness (QED) is 0.850. The Bertz CT molecular complexity index is 424. The van der Waals surface area contributed by atoms with E-state index in [1.165, 1.54) is 4.90 Å². The SMILES string of the molecule is CC[C@H](N)C(=O)N(C)C(C#N)Cc1ccccc1. The first-order valence-electron chi connectivity index (χ1n) is 6.06. The molecule has 0 heterocycles. The molecular weight excluding hydrogens is 226 g/mol. The van der Waals surface area contributed by atoms with E-state index in [1.807, 2.05) is 37.3 Å². The first-order valence-corrected chi connectivity index (χ1v) is 6.06. The number of amides is 1. The lowest BCUT2D eigenvalue weighted by molar-refractivity contribution is -0.132. The monoisotopic (exact) mass is 245 g/mol. The summed E-state index contributed by atoms with van der Waals surface area (Å²) in [5.74, 6) is -0.181. The molecule has 0 spiro atoms. The molecule has 18 heavy (non-hydrogen) atoms. The topological polar surface area (TPSA) is 70.1 Å². The lowest BCUT2D eigenvalue weighted by Crippen LogP contribution is -2.46. The molecule has 1 amide bonds. The lowest BCUT2D eigenvalue weighted by Gasteiger charge is -2.25. The predicted molar refractivity (Wildman–Crippen MR) is 70.6 cm³/mol. The van der Waals surface area contributed by atoms with Crippen LogP contribution in [0.15, 0.2) is 30.3 Å². The second-order valence-electron chi connectivity index (χ2n) is 4.30. The van der Waals surface area contributed by atoms with Crippen molar-refractivity contribution in [3.05, 3.63) is 35.9 Å². The zero-order valence-electron chi connectivity index (χ0n) is 10.8. The number of nitrogens with zero attached hydrogens (tertiary/aromatic N) is 2.